The summed E-state index contributed by atoms with van der Waals surface area (Å²) in [4.78, 5) is 27.1. The van der Waals surface area contributed by atoms with Gasteiger partial charge in [-0.3, -0.25) is 9.59 Å². The zero-order valence-electron chi connectivity index (χ0n) is 17.2. The molecule has 6 nitrogen and oxygen atoms in total. The van der Waals surface area contributed by atoms with E-state index in [2.05, 4.69) is 10.6 Å². The van der Waals surface area contributed by atoms with Crippen molar-refractivity contribution in [3.63, 3.8) is 0 Å². The number of carbonyl (C=O) groups is 2. The van der Waals surface area contributed by atoms with E-state index >= 15 is 0 Å². The SMILES string of the molecule is CN1C[C@H](NCc2ccc(F)cc2)CCC[C@@H](C(=O)NC2CCOCC2)CC1=O. The van der Waals surface area contributed by atoms with Gasteiger partial charge in [0.15, 0.2) is 0 Å². The average molecular weight is 406 g/mol. The smallest absolute Gasteiger partial charge is 0.223 e. The van der Waals surface area contributed by atoms with Crippen LogP contribution >= 0.6 is 0 Å². The van der Waals surface area contributed by atoms with Gasteiger partial charge < -0.3 is 20.3 Å². The minimum Gasteiger partial charge on any atom is -0.381 e. The predicted molar refractivity (Wildman–Crippen MR) is 109 cm³/mol. The molecule has 2 aliphatic heterocycles. The molecule has 0 saturated carbocycles. The molecule has 2 fully saturated rings. The van der Waals surface area contributed by atoms with Gasteiger partial charge in [-0.15, -0.1) is 0 Å². The van der Waals surface area contributed by atoms with E-state index in [1.165, 1.54) is 12.1 Å². The Hall–Kier alpha value is -1.99. The molecule has 0 bridgehead atoms. The van der Waals surface area contributed by atoms with E-state index in [1.807, 2.05) is 0 Å². The van der Waals surface area contributed by atoms with Crippen molar-refractivity contribution in [2.24, 2.45) is 5.92 Å². The van der Waals surface area contributed by atoms with Crippen LogP contribution in [0.1, 0.15) is 44.1 Å². The molecule has 2 heterocycles. The van der Waals surface area contributed by atoms with Crippen LogP contribution in [0.5, 0.6) is 0 Å². The lowest BCUT2D eigenvalue weighted by Crippen LogP contribution is -2.44. The lowest BCUT2D eigenvalue weighted by molar-refractivity contribution is -0.136. The molecule has 1 aromatic rings. The molecule has 7 heteroatoms. The third-order valence-corrected chi connectivity index (χ3v) is 5.89. The van der Waals surface area contributed by atoms with Gasteiger partial charge in [-0.2, -0.15) is 0 Å². The van der Waals surface area contributed by atoms with Crippen LogP contribution < -0.4 is 10.6 Å². The molecule has 0 spiro atoms. The quantitative estimate of drug-likeness (QED) is 0.788. The van der Waals surface area contributed by atoms with Gasteiger partial charge >= 0.3 is 0 Å². The molecule has 2 atom stereocenters. The number of nitrogens with one attached hydrogen (secondary N) is 2. The molecule has 2 saturated heterocycles. The molecule has 2 N–H and O–H groups in total. The summed E-state index contributed by atoms with van der Waals surface area (Å²) in [5.74, 6) is -0.515. The molecule has 2 amide bonds. The molecule has 0 radical (unpaired) electrons. The Balaban J connectivity index is 1.53. The normalized spacial score (nSPS) is 24.5. The maximum absolute atomic E-state index is 13.1. The summed E-state index contributed by atoms with van der Waals surface area (Å²) in [6.07, 6.45) is 4.41. The second-order valence-corrected chi connectivity index (χ2v) is 8.21. The van der Waals surface area contributed by atoms with Crippen LogP contribution in [-0.2, 0) is 20.9 Å². The van der Waals surface area contributed by atoms with E-state index in [9.17, 15) is 14.0 Å². The van der Waals surface area contributed by atoms with E-state index in [1.54, 1.807) is 24.1 Å². The Bertz CT molecular complexity index is 676. The minimum atomic E-state index is -0.274. The topological polar surface area (TPSA) is 70.7 Å². The number of benzene rings is 1. The fourth-order valence-corrected chi connectivity index (χ4v) is 4.02. The van der Waals surface area contributed by atoms with Crippen LogP contribution in [0.15, 0.2) is 24.3 Å². The monoisotopic (exact) mass is 405 g/mol. The summed E-state index contributed by atoms with van der Waals surface area (Å²) in [5, 5.41) is 6.60. The maximum atomic E-state index is 13.1. The number of amides is 2. The highest BCUT2D eigenvalue weighted by atomic mass is 19.1. The molecule has 1 aromatic carbocycles. The first-order valence-corrected chi connectivity index (χ1v) is 10.6. The number of hydrogen-bond donors (Lipinski definition) is 2. The van der Waals surface area contributed by atoms with Crippen molar-refractivity contribution in [1.82, 2.24) is 15.5 Å². The number of ether oxygens (including phenoxy) is 1. The fourth-order valence-electron chi connectivity index (χ4n) is 4.02. The van der Waals surface area contributed by atoms with E-state index in [0.29, 0.717) is 32.7 Å². The highest BCUT2D eigenvalue weighted by Crippen LogP contribution is 2.20. The van der Waals surface area contributed by atoms with Crippen molar-refractivity contribution in [3.05, 3.63) is 35.6 Å². The van der Waals surface area contributed by atoms with Crippen LogP contribution in [0.2, 0.25) is 0 Å². The van der Waals surface area contributed by atoms with Gasteiger partial charge in [-0.1, -0.05) is 18.6 Å². The highest BCUT2D eigenvalue weighted by molar-refractivity contribution is 5.86. The van der Waals surface area contributed by atoms with E-state index in [0.717, 1.165) is 31.2 Å². The van der Waals surface area contributed by atoms with Crippen LogP contribution in [0.25, 0.3) is 0 Å². The van der Waals surface area contributed by atoms with Crippen LogP contribution in [0.3, 0.4) is 0 Å². The Kier molecular flexibility index (Phi) is 8.00. The number of carbonyl (C=O) groups excluding carboxylic acids is 2. The number of nitrogens with zero attached hydrogens (tertiary/aromatic N) is 1. The number of hydrogen-bond acceptors (Lipinski definition) is 4. The molecule has 0 aliphatic carbocycles. The van der Waals surface area contributed by atoms with Gasteiger partial charge in [0, 0.05) is 57.8 Å². The third kappa shape index (κ3) is 6.78. The zero-order chi connectivity index (χ0) is 20.6. The largest absolute Gasteiger partial charge is 0.381 e. The Labute approximate surface area is 172 Å². The molecule has 29 heavy (non-hydrogen) atoms. The highest BCUT2D eigenvalue weighted by Gasteiger charge is 2.28. The summed E-state index contributed by atoms with van der Waals surface area (Å²) < 4.78 is 18.4. The zero-order valence-corrected chi connectivity index (χ0v) is 17.2. The second kappa shape index (κ2) is 10.7. The Morgan fingerprint density at radius 3 is 2.59 bits per heavy atom. The van der Waals surface area contributed by atoms with E-state index in [-0.39, 0.29) is 42.1 Å². The van der Waals surface area contributed by atoms with Crippen molar-refractivity contribution < 1.29 is 18.7 Å². The van der Waals surface area contributed by atoms with Gasteiger partial charge in [0.05, 0.1) is 0 Å². The maximum Gasteiger partial charge on any atom is 0.223 e. The number of halogens is 1. The van der Waals surface area contributed by atoms with Crippen LogP contribution in [0, 0.1) is 11.7 Å². The molecule has 160 valence electrons. The minimum absolute atomic E-state index is 0.00336. The Morgan fingerprint density at radius 1 is 1.14 bits per heavy atom. The molecule has 0 unspecified atom stereocenters. The van der Waals surface area contributed by atoms with Gasteiger partial charge in [0.2, 0.25) is 11.8 Å². The predicted octanol–water partition coefficient (Wildman–Crippen LogP) is 2.23. The van der Waals surface area contributed by atoms with Gasteiger partial charge in [0.1, 0.15) is 5.82 Å². The standard InChI is InChI=1S/C22H32FN3O3/c1-26-15-20(24-14-16-5-7-18(23)8-6-16)4-2-3-17(13-21(26)27)22(28)25-19-9-11-29-12-10-19/h5-8,17,19-20,24H,2-4,9-15H2,1H3,(H,25,28)/t17-,20-/m1/s1. The van der Waals surface area contributed by atoms with Crippen LogP contribution in [0.4, 0.5) is 4.39 Å². The van der Waals surface area contributed by atoms with Gasteiger partial charge in [-0.05, 0) is 43.4 Å². The van der Waals surface area contributed by atoms with E-state index in [4.69, 9.17) is 4.74 Å². The summed E-state index contributed by atoms with van der Waals surface area (Å²) in [5.41, 5.74) is 1.01. The first kappa shape index (κ1) is 21.7. The molecule has 3 rings (SSSR count). The Morgan fingerprint density at radius 2 is 1.86 bits per heavy atom. The number of rotatable bonds is 5. The summed E-state index contributed by atoms with van der Waals surface area (Å²) in [7, 11) is 1.80. The summed E-state index contributed by atoms with van der Waals surface area (Å²) in [6, 6.07) is 6.74. The van der Waals surface area contributed by atoms with Crippen molar-refractivity contribution in [2.75, 3.05) is 26.8 Å². The molecular formula is C22H32FN3O3. The molecule has 0 aromatic heterocycles. The lowest BCUT2D eigenvalue weighted by atomic mass is 9.95. The molecule has 2 aliphatic rings. The van der Waals surface area contributed by atoms with Crippen molar-refractivity contribution >= 4 is 11.8 Å². The van der Waals surface area contributed by atoms with Crippen molar-refractivity contribution in [3.8, 4) is 0 Å². The third-order valence-electron chi connectivity index (χ3n) is 5.89. The average Bonchev–Trinajstić information content (AvgIpc) is 2.78. The van der Waals surface area contributed by atoms with Crippen molar-refractivity contribution in [1.29, 1.82) is 0 Å². The first-order valence-electron chi connectivity index (χ1n) is 10.6. The summed E-state index contributed by atoms with van der Waals surface area (Å²) in [6.45, 7) is 2.59. The molecular weight excluding hydrogens is 373 g/mol. The lowest BCUT2D eigenvalue weighted by Gasteiger charge is -2.26. The van der Waals surface area contributed by atoms with Gasteiger partial charge in [0.25, 0.3) is 0 Å². The van der Waals surface area contributed by atoms with Gasteiger partial charge in [-0.25, -0.2) is 4.39 Å². The first-order chi connectivity index (χ1) is 14.0. The fraction of sp³-hybridized carbons (Fsp3) is 0.636. The second-order valence-electron chi connectivity index (χ2n) is 8.21. The summed E-state index contributed by atoms with van der Waals surface area (Å²) >= 11 is 0. The van der Waals surface area contributed by atoms with E-state index < -0.39 is 0 Å². The van der Waals surface area contributed by atoms with Crippen molar-refractivity contribution in [2.45, 2.75) is 57.2 Å². The number of likely N-dealkylation sites (N-methyl/N-ethyl adjacent to an activating group) is 1. The van der Waals surface area contributed by atoms with Crippen LogP contribution in [-0.4, -0.2) is 55.6 Å².